The Hall–Kier alpha value is -1.98. The zero-order valence-corrected chi connectivity index (χ0v) is 7.40. The predicted molar refractivity (Wildman–Crippen MR) is 45.1 cm³/mol. The van der Waals surface area contributed by atoms with E-state index in [1.165, 1.54) is 7.11 Å². The van der Waals surface area contributed by atoms with Gasteiger partial charge in [-0.15, -0.1) is 0 Å². The van der Waals surface area contributed by atoms with Gasteiger partial charge in [0.05, 0.1) is 13.5 Å². The first-order chi connectivity index (χ1) is 6.56. The number of carbonyl (C=O) groups excluding carboxylic acids is 1. The largest absolute Gasteiger partial charge is 0.505 e. The van der Waals surface area contributed by atoms with Gasteiger partial charge in [0.15, 0.2) is 0 Å². The van der Waals surface area contributed by atoms with Crippen LogP contribution in [0.1, 0.15) is 16.1 Å². The summed E-state index contributed by atoms with van der Waals surface area (Å²) in [5.74, 6) is -2.26. The summed E-state index contributed by atoms with van der Waals surface area (Å²) in [6.45, 7) is 0. The zero-order chi connectivity index (χ0) is 10.7. The minimum absolute atomic E-state index is 0.127. The molecule has 0 fully saturated rings. The number of carboxylic acids is 1. The molecule has 0 aromatic carbocycles. The zero-order valence-electron chi connectivity index (χ0n) is 7.40. The minimum Gasteiger partial charge on any atom is -0.505 e. The number of carboxylic acid groups (broad SMARTS) is 1. The lowest BCUT2D eigenvalue weighted by Gasteiger charge is -1.98. The van der Waals surface area contributed by atoms with E-state index in [0.717, 1.165) is 6.20 Å². The topological polar surface area (TPSA) is 99.6 Å². The van der Waals surface area contributed by atoms with Gasteiger partial charge in [-0.05, 0) is 0 Å². The summed E-state index contributed by atoms with van der Waals surface area (Å²) in [5.41, 5.74) is -0.169. The van der Waals surface area contributed by atoms with Crippen LogP contribution in [0.4, 0.5) is 0 Å². The van der Waals surface area contributed by atoms with Gasteiger partial charge in [0.25, 0.3) is 0 Å². The van der Waals surface area contributed by atoms with Gasteiger partial charge >= 0.3 is 11.9 Å². The molecule has 6 nitrogen and oxygen atoms in total. The highest BCUT2D eigenvalue weighted by molar-refractivity contribution is 5.93. The van der Waals surface area contributed by atoms with Gasteiger partial charge in [0.1, 0.15) is 11.3 Å². The molecule has 0 spiro atoms. The number of hydrogen-bond acceptors (Lipinski definition) is 4. The lowest BCUT2D eigenvalue weighted by atomic mass is 10.2. The molecule has 0 unspecified atom stereocenters. The fourth-order valence-electron chi connectivity index (χ4n) is 1.05. The number of carbonyl (C=O) groups is 2. The highest BCUT2D eigenvalue weighted by Gasteiger charge is 2.19. The number of aromatic amines is 1. The molecular formula is C8H9NO5. The maximum absolute atomic E-state index is 10.8. The third kappa shape index (κ3) is 1.85. The summed E-state index contributed by atoms with van der Waals surface area (Å²) >= 11 is 0. The number of aromatic carboxylic acids is 1. The molecule has 0 aliphatic carbocycles. The van der Waals surface area contributed by atoms with Crippen LogP contribution in [0.25, 0.3) is 0 Å². The van der Waals surface area contributed by atoms with E-state index in [9.17, 15) is 9.59 Å². The van der Waals surface area contributed by atoms with E-state index < -0.39 is 17.7 Å². The van der Waals surface area contributed by atoms with Crippen LogP contribution in [0.3, 0.4) is 0 Å². The van der Waals surface area contributed by atoms with Crippen LogP contribution in [-0.2, 0) is 16.0 Å². The average Bonchev–Trinajstić information content (AvgIpc) is 2.46. The van der Waals surface area contributed by atoms with E-state index >= 15 is 0 Å². The molecular weight excluding hydrogens is 190 g/mol. The lowest BCUT2D eigenvalue weighted by molar-refractivity contribution is -0.139. The molecule has 0 atom stereocenters. The van der Waals surface area contributed by atoms with E-state index in [0.29, 0.717) is 0 Å². The van der Waals surface area contributed by atoms with E-state index in [4.69, 9.17) is 10.2 Å². The summed E-state index contributed by atoms with van der Waals surface area (Å²) in [6, 6.07) is 0. The van der Waals surface area contributed by atoms with Crippen LogP contribution in [0.15, 0.2) is 6.20 Å². The Morgan fingerprint density at radius 2 is 2.21 bits per heavy atom. The number of methoxy groups -OCH3 is 1. The normalized spacial score (nSPS) is 9.79. The van der Waals surface area contributed by atoms with Crippen LogP contribution in [-0.4, -0.2) is 34.2 Å². The van der Waals surface area contributed by atoms with Gasteiger partial charge in [-0.3, -0.25) is 4.79 Å². The third-order valence-corrected chi connectivity index (χ3v) is 1.70. The second-order valence-electron chi connectivity index (χ2n) is 2.59. The van der Waals surface area contributed by atoms with Crippen molar-refractivity contribution in [2.45, 2.75) is 6.42 Å². The molecule has 0 saturated carbocycles. The molecule has 1 aromatic rings. The van der Waals surface area contributed by atoms with E-state index in [-0.39, 0.29) is 17.7 Å². The monoisotopic (exact) mass is 199 g/mol. The third-order valence-electron chi connectivity index (χ3n) is 1.70. The molecule has 76 valence electrons. The smallest absolute Gasteiger partial charge is 0.341 e. The maximum atomic E-state index is 10.8. The van der Waals surface area contributed by atoms with Crippen molar-refractivity contribution >= 4 is 11.9 Å². The van der Waals surface area contributed by atoms with Gasteiger partial charge in [0, 0.05) is 11.9 Å². The van der Waals surface area contributed by atoms with Crippen LogP contribution in [0.2, 0.25) is 0 Å². The van der Waals surface area contributed by atoms with Gasteiger partial charge in [-0.1, -0.05) is 0 Å². The van der Waals surface area contributed by atoms with Crippen LogP contribution >= 0.6 is 0 Å². The lowest BCUT2D eigenvalue weighted by Crippen LogP contribution is -2.09. The Bertz CT molecular complexity index is 368. The molecule has 1 rings (SSSR count). The van der Waals surface area contributed by atoms with Crippen molar-refractivity contribution in [3.63, 3.8) is 0 Å². The van der Waals surface area contributed by atoms with Crippen molar-refractivity contribution in [1.29, 1.82) is 0 Å². The Balaban J connectivity index is 2.98. The van der Waals surface area contributed by atoms with Gasteiger partial charge < -0.3 is 19.9 Å². The van der Waals surface area contributed by atoms with Crippen molar-refractivity contribution in [2.75, 3.05) is 7.11 Å². The molecule has 0 radical (unpaired) electrons. The Morgan fingerprint density at radius 1 is 1.57 bits per heavy atom. The van der Waals surface area contributed by atoms with Gasteiger partial charge in [0.2, 0.25) is 0 Å². The Labute approximate surface area is 79.1 Å². The second-order valence-corrected chi connectivity index (χ2v) is 2.59. The molecule has 14 heavy (non-hydrogen) atoms. The summed E-state index contributed by atoms with van der Waals surface area (Å²) in [7, 11) is 1.20. The molecule has 0 bridgehead atoms. The van der Waals surface area contributed by atoms with Crippen molar-refractivity contribution < 1.29 is 24.5 Å². The fraction of sp³-hybridized carbons (Fsp3) is 0.250. The van der Waals surface area contributed by atoms with E-state index in [1.807, 2.05) is 0 Å². The first kappa shape index (κ1) is 10.1. The highest BCUT2D eigenvalue weighted by Crippen LogP contribution is 2.20. The number of H-pyrrole nitrogens is 1. The number of hydrogen-bond donors (Lipinski definition) is 3. The maximum Gasteiger partial charge on any atom is 0.341 e. The number of ether oxygens (including phenoxy) is 1. The summed E-state index contributed by atoms with van der Waals surface area (Å²) < 4.78 is 4.36. The fourth-order valence-corrected chi connectivity index (χ4v) is 1.05. The number of esters is 1. The van der Waals surface area contributed by atoms with Crippen molar-refractivity contribution in [3.05, 3.63) is 17.5 Å². The first-order valence-corrected chi connectivity index (χ1v) is 3.75. The van der Waals surface area contributed by atoms with Crippen LogP contribution < -0.4 is 0 Å². The number of nitrogens with one attached hydrogen (secondary N) is 1. The van der Waals surface area contributed by atoms with Gasteiger partial charge in [-0.25, -0.2) is 4.79 Å². The molecule has 1 aromatic heterocycles. The standard InChI is InChI=1S/C8H9NO5/c1-14-6(11)2-4-7(8(12)13)5(10)3-9-4/h3,9-10H,2H2,1H3,(H,12,13). The second kappa shape index (κ2) is 3.82. The van der Waals surface area contributed by atoms with E-state index in [2.05, 4.69) is 9.72 Å². The molecule has 0 aliphatic heterocycles. The predicted octanol–water partition coefficient (Wildman–Crippen LogP) is 0.134. The van der Waals surface area contributed by atoms with Gasteiger partial charge in [-0.2, -0.15) is 0 Å². The van der Waals surface area contributed by atoms with Crippen molar-refractivity contribution in [2.24, 2.45) is 0 Å². The summed E-state index contributed by atoms with van der Waals surface area (Å²) in [5, 5.41) is 17.8. The SMILES string of the molecule is COC(=O)Cc1[nH]cc(O)c1C(=O)O. The number of aromatic nitrogens is 1. The molecule has 3 N–H and O–H groups in total. The average molecular weight is 199 g/mol. The summed E-state index contributed by atoms with van der Waals surface area (Å²) in [6.07, 6.45) is 0.903. The van der Waals surface area contributed by atoms with Crippen molar-refractivity contribution in [3.8, 4) is 5.75 Å². The van der Waals surface area contributed by atoms with Crippen LogP contribution in [0.5, 0.6) is 5.75 Å². The Kier molecular flexibility index (Phi) is 2.76. The first-order valence-electron chi connectivity index (χ1n) is 3.75. The van der Waals surface area contributed by atoms with Crippen LogP contribution in [0, 0.1) is 0 Å². The Morgan fingerprint density at radius 3 is 2.71 bits per heavy atom. The molecule has 0 aliphatic rings. The number of aromatic hydroxyl groups is 1. The molecule has 0 amide bonds. The minimum atomic E-state index is -1.29. The number of rotatable bonds is 3. The van der Waals surface area contributed by atoms with Crippen molar-refractivity contribution in [1.82, 2.24) is 4.98 Å². The molecule has 0 saturated heterocycles. The molecule has 6 heteroatoms. The highest BCUT2D eigenvalue weighted by atomic mass is 16.5. The quantitative estimate of drug-likeness (QED) is 0.601. The van der Waals surface area contributed by atoms with E-state index in [1.54, 1.807) is 0 Å². The molecule has 1 heterocycles. The summed E-state index contributed by atoms with van der Waals surface area (Å²) in [4.78, 5) is 24.0.